The molecular weight excluding hydrogens is 422 g/mol. The van der Waals surface area contributed by atoms with E-state index in [4.69, 9.17) is 9.84 Å². The molecule has 30 heavy (non-hydrogen) atoms. The van der Waals surface area contributed by atoms with Gasteiger partial charge in [0.05, 0.1) is 6.61 Å². The zero-order valence-corrected chi connectivity index (χ0v) is 18.6. The predicted octanol–water partition coefficient (Wildman–Crippen LogP) is 4.22. The van der Waals surface area contributed by atoms with E-state index in [-0.39, 0.29) is 17.6 Å². The number of ether oxygens (including phenoxy) is 1. The lowest BCUT2D eigenvalue weighted by molar-refractivity contribution is -0.128. The Morgan fingerprint density at radius 3 is 2.90 bits per heavy atom. The summed E-state index contributed by atoms with van der Waals surface area (Å²) in [6.07, 6.45) is 3.58. The molecule has 1 aliphatic heterocycles. The minimum absolute atomic E-state index is 0.0728. The fourth-order valence-corrected chi connectivity index (χ4v) is 5.01. The van der Waals surface area contributed by atoms with Crippen molar-refractivity contribution in [1.29, 1.82) is 0 Å². The van der Waals surface area contributed by atoms with Gasteiger partial charge in [-0.3, -0.25) is 4.79 Å². The molecule has 1 aromatic carbocycles. The van der Waals surface area contributed by atoms with E-state index < -0.39 is 5.97 Å². The standard InChI is InChI=1S/C21H27N3O4S2/c1-2-3-11-28-17-7-4-15(5-8-17)22-13-16-6-9-19(25)24(16)10-12-29-21-23-18(14-30-21)20(26)27/h4-5,7-8,14,16,22H,2-3,6,9-13H2,1H3,(H,26,27)/t16-/m1/s1. The Morgan fingerprint density at radius 2 is 2.20 bits per heavy atom. The number of nitrogens with one attached hydrogen (secondary N) is 1. The Balaban J connectivity index is 1.44. The number of hydrogen-bond acceptors (Lipinski definition) is 7. The molecule has 1 fully saturated rings. The van der Waals surface area contributed by atoms with Crippen molar-refractivity contribution in [3.8, 4) is 5.75 Å². The van der Waals surface area contributed by atoms with Gasteiger partial charge in [0.25, 0.3) is 0 Å². The van der Waals surface area contributed by atoms with Crippen LogP contribution in [-0.4, -0.2) is 58.4 Å². The van der Waals surface area contributed by atoms with Crippen LogP contribution < -0.4 is 10.1 Å². The maximum absolute atomic E-state index is 12.3. The molecular formula is C21H27N3O4S2. The number of carboxylic acid groups (broad SMARTS) is 1. The molecule has 0 aliphatic carbocycles. The highest BCUT2D eigenvalue weighted by atomic mass is 32.2. The molecule has 9 heteroatoms. The summed E-state index contributed by atoms with van der Waals surface area (Å²) < 4.78 is 6.40. The van der Waals surface area contributed by atoms with Crippen LogP contribution >= 0.6 is 23.1 Å². The van der Waals surface area contributed by atoms with E-state index >= 15 is 0 Å². The van der Waals surface area contributed by atoms with E-state index in [9.17, 15) is 9.59 Å². The lowest BCUT2D eigenvalue weighted by Crippen LogP contribution is -2.39. The van der Waals surface area contributed by atoms with Gasteiger partial charge in [-0.05, 0) is 37.1 Å². The Bertz CT molecular complexity index is 841. The highest BCUT2D eigenvalue weighted by Gasteiger charge is 2.30. The summed E-state index contributed by atoms with van der Waals surface area (Å²) in [5, 5.41) is 13.9. The van der Waals surface area contributed by atoms with E-state index in [1.54, 1.807) is 5.38 Å². The number of anilines is 1. The molecule has 7 nitrogen and oxygen atoms in total. The average molecular weight is 450 g/mol. The fourth-order valence-electron chi connectivity index (χ4n) is 3.20. The number of amides is 1. The number of likely N-dealkylation sites (tertiary alicyclic amines) is 1. The zero-order chi connectivity index (χ0) is 21.3. The molecule has 0 spiro atoms. The Kier molecular flexibility index (Phi) is 8.39. The summed E-state index contributed by atoms with van der Waals surface area (Å²) in [5.41, 5.74) is 1.08. The monoisotopic (exact) mass is 449 g/mol. The SMILES string of the molecule is CCCCOc1ccc(NC[C@H]2CCC(=O)N2CCSc2nc(C(=O)O)cs2)cc1. The van der Waals surface area contributed by atoms with Crippen molar-refractivity contribution in [3.63, 3.8) is 0 Å². The van der Waals surface area contributed by atoms with Gasteiger partial charge in [0, 0.05) is 42.4 Å². The van der Waals surface area contributed by atoms with Crippen LogP contribution in [0, 0.1) is 0 Å². The number of unbranched alkanes of at least 4 members (excludes halogenated alkanes) is 1. The first-order valence-electron chi connectivity index (χ1n) is 10.1. The molecule has 162 valence electrons. The highest BCUT2D eigenvalue weighted by Crippen LogP contribution is 2.25. The number of aromatic nitrogens is 1. The first-order chi connectivity index (χ1) is 14.6. The lowest BCUT2D eigenvalue weighted by atomic mass is 10.2. The van der Waals surface area contributed by atoms with Crippen LogP contribution in [0.3, 0.4) is 0 Å². The second kappa shape index (κ2) is 11.2. The molecule has 2 N–H and O–H groups in total. The molecule has 1 aromatic heterocycles. The molecule has 2 heterocycles. The van der Waals surface area contributed by atoms with Crippen LogP contribution in [0.15, 0.2) is 34.0 Å². The van der Waals surface area contributed by atoms with E-state index in [0.717, 1.165) is 41.6 Å². The van der Waals surface area contributed by atoms with Crippen LogP contribution in [-0.2, 0) is 4.79 Å². The predicted molar refractivity (Wildman–Crippen MR) is 120 cm³/mol. The average Bonchev–Trinajstić information content (AvgIpc) is 3.35. The Morgan fingerprint density at radius 1 is 1.40 bits per heavy atom. The Labute approximate surface area is 184 Å². The van der Waals surface area contributed by atoms with Crippen LogP contribution in [0.25, 0.3) is 0 Å². The second-order valence-electron chi connectivity index (χ2n) is 7.04. The van der Waals surface area contributed by atoms with Crippen molar-refractivity contribution < 1.29 is 19.4 Å². The van der Waals surface area contributed by atoms with Crippen molar-refractivity contribution in [2.45, 2.75) is 43.0 Å². The number of carbonyl (C=O) groups is 2. The van der Waals surface area contributed by atoms with E-state index in [1.807, 2.05) is 29.2 Å². The van der Waals surface area contributed by atoms with Gasteiger partial charge in [0.1, 0.15) is 5.75 Å². The van der Waals surface area contributed by atoms with Gasteiger partial charge in [-0.2, -0.15) is 0 Å². The van der Waals surface area contributed by atoms with Crippen molar-refractivity contribution in [1.82, 2.24) is 9.88 Å². The van der Waals surface area contributed by atoms with Crippen LogP contribution in [0.2, 0.25) is 0 Å². The van der Waals surface area contributed by atoms with Gasteiger partial charge in [0.15, 0.2) is 10.0 Å². The first kappa shape index (κ1) is 22.4. The van der Waals surface area contributed by atoms with E-state index in [0.29, 0.717) is 25.3 Å². The largest absolute Gasteiger partial charge is 0.494 e. The third-order valence-corrected chi connectivity index (χ3v) is 6.88. The second-order valence-corrected chi connectivity index (χ2v) is 9.24. The number of aromatic carboxylic acids is 1. The van der Waals surface area contributed by atoms with Gasteiger partial charge >= 0.3 is 5.97 Å². The van der Waals surface area contributed by atoms with Gasteiger partial charge in [-0.15, -0.1) is 11.3 Å². The van der Waals surface area contributed by atoms with Gasteiger partial charge in [-0.25, -0.2) is 9.78 Å². The van der Waals surface area contributed by atoms with Crippen LogP contribution in [0.1, 0.15) is 43.1 Å². The number of benzene rings is 1. The molecule has 2 aromatic rings. The number of thiazole rings is 1. The Hall–Kier alpha value is -2.26. The lowest BCUT2D eigenvalue weighted by Gasteiger charge is -2.25. The summed E-state index contributed by atoms with van der Waals surface area (Å²) in [5.74, 6) is 0.724. The zero-order valence-electron chi connectivity index (χ0n) is 17.0. The maximum Gasteiger partial charge on any atom is 0.355 e. The summed E-state index contributed by atoms with van der Waals surface area (Å²) in [4.78, 5) is 29.2. The molecule has 0 bridgehead atoms. The first-order valence-corrected chi connectivity index (χ1v) is 12.0. The minimum Gasteiger partial charge on any atom is -0.494 e. The fraction of sp³-hybridized carbons (Fsp3) is 0.476. The van der Waals surface area contributed by atoms with Gasteiger partial charge < -0.3 is 20.1 Å². The number of nitrogens with zero attached hydrogens (tertiary/aromatic N) is 2. The van der Waals surface area contributed by atoms with Gasteiger partial charge in [0.2, 0.25) is 5.91 Å². The molecule has 0 saturated carbocycles. The minimum atomic E-state index is -1.01. The highest BCUT2D eigenvalue weighted by molar-refractivity contribution is 8.01. The number of carboxylic acids is 1. The topological polar surface area (TPSA) is 91.8 Å². The third kappa shape index (κ3) is 6.37. The smallest absolute Gasteiger partial charge is 0.355 e. The normalized spacial score (nSPS) is 16.1. The van der Waals surface area contributed by atoms with Crippen LogP contribution in [0.5, 0.6) is 5.75 Å². The van der Waals surface area contributed by atoms with Crippen molar-refractivity contribution >= 4 is 40.7 Å². The molecule has 1 amide bonds. The third-order valence-electron chi connectivity index (χ3n) is 4.88. The molecule has 0 unspecified atom stereocenters. The summed E-state index contributed by atoms with van der Waals surface area (Å²) in [6.45, 7) is 4.20. The molecule has 1 aliphatic rings. The summed E-state index contributed by atoms with van der Waals surface area (Å²) in [7, 11) is 0. The number of thioether (sulfide) groups is 1. The van der Waals surface area contributed by atoms with Crippen molar-refractivity contribution in [3.05, 3.63) is 35.3 Å². The molecule has 1 atom stereocenters. The van der Waals surface area contributed by atoms with Crippen LogP contribution in [0.4, 0.5) is 5.69 Å². The molecule has 1 saturated heterocycles. The molecule has 3 rings (SSSR count). The van der Waals surface area contributed by atoms with Crippen molar-refractivity contribution in [2.75, 3.05) is 30.8 Å². The van der Waals surface area contributed by atoms with E-state index in [2.05, 4.69) is 17.2 Å². The summed E-state index contributed by atoms with van der Waals surface area (Å²) in [6, 6.07) is 8.09. The quantitative estimate of drug-likeness (QED) is 0.370. The maximum atomic E-state index is 12.3. The number of hydrogen-bond donors (Lipinski definition) is 2. The van der Waals surface area contributed by atoms with E-state index in [1.165, 1.54) is 23.1 Å². The van der Waals surface area contributed by atoms with Gasteiger partial charge in [-0.1, -0.05) is 25.1 Å². The van der Waals surface area contributed by atoms with Crippen molar-refractivity contribution in [2.24, 2.45) is 0 Å². The number of carbonyl (C=O) groups excluding carboxylic acids is 1. The number of rotatable bonds is 12. The summed E-state index contributed by atoms with van der Waals surface area (Å²) >= 11 is 2.81. The molecule has 0 radical (unpaired) electrons.